The van der Waals surface area contributed by atoms with E-state index in [1.807, 2.05) is 0 Å². The predicted octanol–water partition coefficient (Wildman–Crippen LogP) is 3.93. The van der Waals surface area contributed by atoms with Crippen LogP contribution in [0.2, 0.25) is 0 Å². The molecule has 1 aliphatic rings. The van der Waals surface area contributed by atoms with Crippen LogP contribution < -0.4 is 10.5 Å². The van der Waals surface area contributed by atoms with Gasteiger partial charge in [-0.1, -0.05) is 24.3 Å². The lowest BCUT2D eigenvalue weighted by atomic mass is 9.94. The summed E-state index contributed by atoms with van der Waals surface area (Å²) in [7, 11) is 1.74. The molecule has 2 aromatic rings. The van der Waals surface area contributed by atoms with Crippen molar-refractivity contribution in [2.24, 2.45) is 5.73 Å². The fraction of sp³-hybridized carbons (Fsp3) is 0.333. The van der Waals surface area contributed by atoms with Gasteiger partial charge in [0.05, 0.1) is 7.11 Å². The van der Waals surface area contributed by atoms with Gasteiger partial charge in [-0.3, -0.25) is 0 Å². The lowest BCUT2D eigenvalue weighted by Gasteiger charge is -2.15. The van der Waals surface area contributed by atoms with Gasteiger partial charge in [0.2, 0.25) is 0 Å². The Morgan fingerprint density at radius 1 is 1.15 bits per heavy atom. The fourth-order valence-electron chi connectivity index (χ4n) is 3.27. The van der Waals surface area contributed by atoms with Crippen LogP contribution in [0.3, 0.4) is 0 Å². The molecule has 2 nitrogen and oxygen atoms in total. The zero-order valence-electron chi connectivity index (χ0n) is 12.4. The van der Waals surface area contributed by atoms with E-state index < -0.39 is 0 Å². The molecule has 1 atom stereocenters. The van der Waals surface area contributed by atoms with E-state index in [9.17, 15) is 0 Å². The highest BCUT2D eigenvalue weighted by atomic mass is 16.5. The molecule has 104 valence electrons. The number of nitrogens with two attached hydrogens (primary N) is 1. The Hall–Kier alpha value is -1.80. The minimum Gasteiger partial charge on any atom is -0.496 e. The summed E-state index contributed by atoms with van der Waals surface area (Å²) in [6, 6.07) is 11.1. The van der Waals surface area contributed by atoms with Crippen LogP contribution in [0.25, 0.3) is 11.1 Å². The third-order valence-electron chi connectivity index (χ3n) is 4.22. The summed E-state index contributed by atoms with van der Waals surface area (Å²) in [5.74, 6) is 0.949. The summed E-state index contributed by atoms with van der Waals surface area (Å²) >= 11 is 0. The maximum Gasteiger partial charge on any atom is 0.127 e. The van der Waals surface area contributed by atoms with E-state index in [0.29, 0.717) is 0 Å². The average molecular weight is 267 g/mol. The van der Waals surface area contributed by atoms with E-state index >= 15 is 0 Å². The third-order valence-corrected chi connectivity index (χ3v) is 4.22. The van der Waals surface area contributed by atoms with E-state index in [1.165, 1.54) is 33.4 Å². The standard InChI is InChI=1S/C18H21NO/c1-11-8-12(2)18(17(9-11)20-3)14-4-6-15-13(10-14)5-7-16(15)19/h4,6,8-10,16H,5,7,19H2,1-3H3. The SMILES string of the molecule is COc1cc(C)cc(C)c1-c1ccc2c(c1)CCC2N. The van der Waals surface area contributed by atoms with Crippen LogP contribution in [0.5, 0.6) is 5.75 Å². The van der Waals surface area contributed by atoms with E-state index in [0.717, 1.165) is 18.6 Å². The number of aryl methyl sites for hydroxylation is 3. The Labute approximate surface area is 120 Å². The van der Waals surface area contributed by atoms with Gasteiger partial charge in [-0.25, -0.2) is 0 Å². The van der Waals surface area contributed by atoms with Gasteiger partial charge in [0.25, 0.3) is 0 Å². The number of fused-ring (bicyclic) bond motifs is 1. The minimum atomic E-state index is 0.208. The summed E-state index contributed by atoms with van der Waals surface area (Å²) < 4.78 is 5.58. The zero-order chi connectivity index (χ0) is 14.3. The Balaban J connectivity index is 2.15. The molecule has 0 bridgehead atoms. The topological polar surface area (TPSA) is 35.2 Å². The van der Waals surface area contributed by atoms with E-state index in [-0.39, 0.29) is 6.04 Å². The van der Waals surface area contributed by atoms with Crippen molar-refractivity contribution in [2.45, 2.75) is 32.7 Å². The molecule has 0 heterocycles. The molecule has 2 N–H and O–H groups in total. The largest absolute Gasteiger partial charge is 0.496 e. The average Bonchev–Trinajstić information content (AvgIpc) is 2.79. The first-order valence-corrected chi connectivity index (χ1v) is 7.14. The molecule has 0 saturated heterocycles. The predicted molar refractivity (Wildman–Crippen MR) is 83.2 cm³/mol. The van der Waals surface area contributed by atoms with Crippen molar-refractivity contribution in [3.8, 4) is 16.9 Å². The quantitative estimate of drug-likeness (QED) is 0.895. The second kappa shape index (κ2) is 4.95. The second-order valence-corrected chi connectivity index (χ2v) is 5.72. The maximum atomic E-state index is 6.12. The number of methoxy groups -OCH3 is 1. The Morgan fingerprint density at radius 2 is 1.95 bits per heavy atom. The number of ether oxygens (including phenoxy) is 1. The van der Waals surface area contributed by atoms with Gasteiger partial charge in [0, 0.05) is 11.6 Å². The van der Waals surface area contributed by atoms with Gasteiger partial charge in [0.15, 0.2) is 0 Å². The number of hydrogen-bond donors (Lipinski definition) is 1. The van der Waals surface area contributed by atoms with Gasteiger partial charge < -0.3 is 10.5 Å². The zero-order valence-corrected chi connectivity index (χ0v) is 12.4. The van der Waals surface area contributed by atoms with Crippen LogP contribution in [0.15, 0.2) is 30.3 Å². The second-order valence-electron chi connectivity index (χ2n) is 5.72. The van der Waals surface area contributed by atoms with Crippen LogP contribution >= 0.6 is 0 Å². The Bertz CT molecular complexity index is 661. The lowest BCUT2D eigenvalue weighted by molar-refractivity contribution is 0.416. The van der Waals surface area contributed by atoms with Crippen LogP contribution in [-0.4, -0.2) is 7.11 Å². The number of benzene rings is 2. The highest BCUT2D eigenvalue weighted by molar-refractivity contribution is 5.75. The smallest absolute Gasteiger partial charge is 0.127 e. The van der Waals surface area contributed by atoms with Gasteiger partial charge in [-0.05, 0) is 60.6 Å². The van der Waals surface area contributed by atoms with Crippen molar-refractivity contribution in [1.29, 1.82) is 0 Å². The molecule has 0 fully saturated rings. The normalized spacial score (nSPS) is 17.1. The minimum absolute atomic E-state index is 0.208. The molecule has 0 spiro atoms. The number of hydrogen-bond acceptors (Lipinski definition) is 2. The van der Waals surface area contributed by atoms with Gasteiger partial charge in [-0.15, -0.1) is 0 Å². The summed E-state index contributed by atoms with van der Waals surface area (Å²) in [4.78, 5) is 0. The summed E-state index contributed by atoms with van der Waals surface area (Å²) in [6.07, 6.45) is 2.14. The molecule has 0 aliphatic heterocycles. The van der Waals surface area contributed by atoms with Crippen molar-refractivity contribution in [2.75, 3.05) is 7.11 Å². The molecule has 2 heteroatoms. The van der Waals surface area contributed by atoms with E-state index in [1.54, 1.807) is 7.11 Å². The highest BCUT2D eigenvalue weighted by Gasteiger charge is 2.20. The molecule has 0 amide bonds. The summed E-state index contributed by atoms with van der Waals surface area (Å²) in [5, 5.41) is 0. The maximum absolute atomic E-state index is 6.12. The van der Waals surface area contributed by atoms with Crippen LogP contribution in [-0.2, 0) is 6.42 Å². The lowest BCUT2D eigenvalue weighted by Crippen LogP contribution is -2.04. The molecule has 1 aliphatic carbocycles. The van der Waals surface area contributed by atoms with Crippen molar-refractivity contribution in [3.63, 3.8) is 0 Å². The van der Waals surface area contributed by atoms with Crippen molar-refractivity contribution in [1.82, 2.24) is 0 Å². The number of rotatable bonds is 2. The molecule has 0 aromatic heterocycles. The Morgan fingerprint density at radius 3 is 2.70 bits per heavy atom. The molecular weight excluding hydrogens is 246 g/mol. The van der Waals surface area contributed by atoms with Gasteiger partial charge in [0.1, 0.15) is 5.75 Å². The van der Waals surface area contributed by atoms with E-state index in [2.05, 4.69) is 44.2 Å². The molecule has 0 saturated carbocycles. The molecule has 3 rings (SSSR count). The van der Waals surface area contributed by atoms with Crippen LogP contribution in [0, 0.1) is 13.8 Å². The first kappa shape index (κ1) is 13.2. The van der Waals surface area contributed by atoms with Crippen molar-refractivity contribution in [3.05, 3.63) is 52.6 Å². The monoisotopic (exact) mass is 267 g/mol. The third kappa shape index (κ3) is 2.10. The molecule has 1 unspecified atom stereocenters. The Kier molecular flexibility index (Phi) is 3.27. The van der Waals surface area contributed by atoms with Crippen molar-refractivity contribution >= 4 is 0 Å². The van der Waals surface area contributed by atoms with Crippen LogP contribution in [0.1, 0.15) is 34.7 Å². The molecule has 0 radical (unpaired) electrons. The first-order chi connectivity index (χ1) is 9.60. The highest BCUT2D eigenvalue weighted by Crippen LogP contribution is 2.38. The molecule has 20 heavy (non-hydrogen) atoms. The molecule has 2 aromatic carbocycles. The summed E-state index contributed by atoms with van der Waals surface area (Å²) in [6.45, 7) is 4.24. The van der Waals surface area contributed by atoms with Crippen molar-refractivity contribution < 1.29 is 4.74 Å². The molecular formula is C18H21NO. The van der Waals surface area contributed by atoms with Crippen LogP contribution in [0.4, 0.5) is 0 Å². The first-order valence-electron chi connectivity index (χ1n) is 7.14. The van der Waals surface area contributed by atoms with Gasteiger partial charge >= 0.3 is 0 Å². The fourth-order valence-corrected chi connectivity index (χ4v) is 3.27. The summed E-state index contributed by atoms with van der Waals surface area (Å²) in [5.41, 5.74) is 13.7. The van der Waals surface area contributed by atoms with Gasteiger partial charge in [-0.2, -0.15) is 0 Å². The van der Waals surface area contributed by atoms with E-state index in [4.69, 9.17) is 10.5 Å².